The van der Waals surface area contributed by atoms with E-state index in [-0.39, 0.29) is 11.1 Å². The summed E-state index contributed by atoms with van der Waals surface area (Å²) >= 11 is 0. The van der Waals surface area contributed by atoms with Crippen LogP contribution in [-0.4, -0.2) is 14.9 Å². The zero-order valence-electron chi connectivity index (χ0n) is 7.14. The molecule has 0 amide bonds. The van der Waals surface area contributed by atoms with Gasteiger partial charge in [0.1, 0.15) is 5.75 Å². The number of phenolic OH excluding ortho intramolecular Hbond substituents is 1. The number of hydrogen-bond acceptors (Lipinski definition) is 2. The van der Waals surface area contributed by atoms with Gasteiger partial charge in [0.05, 0.1) is 5.30 Å². The summed E-state index contributed by atoms with van der Waals surface area (Å²) in [5.41, 5.74) is 0.707. The summed E-state index contributed by atoms with van der Waals surface area (Å²) in [5.74, 6) is -0.113. The Balaban J connectivity index is 3.24. The maximum atomic E-state index is 10.8. The number of rotatable bonds is 2. The van der Waals surface area contributed by atoms with E-state index in [0.717, 1.165) is 6.07 Å². The summed E-state index contributed by atoms with van der Waals surface area (Å²) < 4.78 is 10.8. The molecule has 0 spiro atoms. The molecule has 3 N–H and O–H groups in total. The molecule has 0 atom stereocenters. The Hall–Kier alpha value is -0.830. The van der Waals surface area contributed by atoms with Crippen molar-refractivity contribution in [2.75, 3.05) is 0 Å². The molecule has 1 aromatic carbocycles. The third-order valence-electron chi connectivity index (χ3n) is 1.71. The van der Waals surface area contributed by atoms with Crippen LogP contribution in [0.4, 0.5) is 0 Å². The van der Waals surface area contributed by atoms with Crippen LogP contribution in [0.1, 0.15) is 12.5 Å². The molecule has 0 aliphatic carbocycles. The summed E-state index contributed by atoms with van der Waals surface area (Å²) in [4.78, 5) is 17.7. The second kappa shape index (κ2) is 3.50. The van der Waals surface area contributed by atoms with Crippen molar-refractivity contribution in [3.05, 3.63) is 23.8 Å². The molecule has 0 heterocycles. The van der Waals surface area contributed by atoms with Crippen molar-refractivity contribution in [3.63, 3.8) is 0 Å². The highest BCUT2D eigenvalue weighted by atomic mass is 31.2. The zero-order valence-corrected chi connectivity index (χ0v) is 8.03. The quantitative estimate of drug-likeness (QED) is 0.618. The van der Waals surface area contributed by atoms with Gasteiger partial charge >= 0.3 is 7.60 Å². The summed E-state index contributed by atoms with van der Waals surface area (Å²) in [7, 11) is -4.25. The Labute approximate surface area is 76.0 Å². The van der Waals surface area contributed by atoms with E-state index in [4.69, 9.17) is 14.9 Å². The highest BCUT2D eigenvalue weighted by Crippen LogP contribution is 2.34. The first-order chi connectivity index (χ1) is 5.93. The van der Waals surface area contributed by atoms with Gasteiger partial charge in [-0.1, -0.05) is 6.92 Å². The Morgan fingerprint density at radius 2 is 1.92 bits per heavy atom. The zero-order chi connectivity index (χ0) is 10.1. The highest BCUT2D eigenvalue weighted by molar-refractivity contribution is 7.60. The van der Waals surface area contributed by atoms with Crippen molar-refractivity contribution in [2.24, 2.45) is 0 Å². The molecule has 0 saturated carbocycles. The van der Waals surface area contributed by atoms with Gasteiger partial charge in [-0.15, -0.1) is 0 Å². The molecule has 0 aliphatic rings. The lowest BCUT2D eigenvalue weighted by Gasteiger charge is -2.06. The van der Waals surface area contributed by atoms with E-state index in [2.05, 4.69) is 0 Å². The van der Waals surface area contributed by atoms with Crippen LogP contribution in [0.2, 0.25) is 0 Å². The Kier molecular flexibility index (Phi) is 2.76. The molecule has 0 radical (unpaired) electrons. The molecule has 4 nitrogen and oxygen atoms in total. The van der Waals surface area contributed by atoms with Crippen LogP contribution in [0.3, 0.4) is 0 Å². The monoisotopic (exact) mass is 202 g/mol. The van der Waals surface area contributed by atoms with Crippen LogP contribution in [0.15, 0.2) is 18.2 Å². The lowest BCUT2D eigenvalue weighted by molar-refractivity contribution is 0.387. The van der Waals surface area contributed by atoms with Crippen LogP contribution in [0.5, 0.6) is 5.75 Å². The van der Waals surface area contributed by atoms with Gasteiger partial charge in [0.2, 0.25) is 0 Å². The average molecular weight is 202 g/mol. The standard InChI is InChI=1S/C8H11O4P/c1-2-6-3-7(9)5-8(4-6)13(10,11)12/h3-5,9H,2H2,1H3,(H2,10,11,12). The van der Waals surface area contributed by atoms with Crippen LogP contribution < -0.4 is 5.30 Å². The lowest BCUT2D eigenvalue weighted by Crippen LogP contribution is -2.04. The van der Waals surface area contributed by atoms with Gasteiger partial charge in [-0.25, -0.2) is 0 Å². The van der Waals surface area contributed by atoms with Gasteiger partial charge in [0.15, 0.2) is 0 Å². The fourth-order valence-corrected chi connectivity index (χ4v) is 1.66. The SMILES string of the molecule is CCc1cc(O)cc(P(=O)(O)O)c1. The van der Waals surface area contributed by atoms with Gasteiger partial charge in [0.25, 0.3) is 0 Å². The first-order valence-corrected chi connectivity index (χ1v) is 5.43. The van der Waals surface area contributed by atoms with Crippen molar-refractivity contribution in [3.8, 4) is 5.75 Å². The summed E-state index contributed by atoms with van der Waals surface area (Å²) in [6.07, 6.45) is 0.626. The fourth-order valence-electron chi connectivity index (χ4n) is 1.03. The topological polar surface area (TPSA) is 77.8 Å². The Morgan fingerprint density at radius 3 is 2.38 bits per heavy atom. The fraction of sp³-hybridized carbons (Fsp3) is 0.250. The van der Waals surface area contributed by atoms with Gasteiger partial charge in [-0.3, -0.25) is 4.57 Å². The predicted molar refractivity (Wildman–Crippen MR) is 49.2 cm³/mol. The van der Waals surface area contributed by atoms with E-state index in [1.54, 1.807) is 0 Å². The van der Waals surface area contributed by atoms with E-state index in [0.29, 0.717) is 12.0 Å². The number of aromatic hydroxyl groups is 1. The van der Waals surface area contributed by atoms with Crippen molar-refractivity contribution in [1.29, 1.82) is 0 Å². The number of hydrogen-bond donors (Lipinski definition) is 3. The first-order valence-electron chi connectivity index (χ1n) is 3.82. The van der Waals surface area contributed by atoms with E-state index >= 15 is 0 Å². The smallest absolute Gasteiger partial charge is 0.356 e. The molecule has 0 aliphatic heterocycles. The molecular weight excluding hydrogens is 191 g/mol. The van der Waals surface area contributed by atoms with Crippen molar-refractivity contribution < 1.29 is 19.5 Å². The molecule has 5 heteroatoms. The van der Waals surface area contributed by atoms with Gasteiger partial charge in [-0.05, 0) is 30.2 Å². The van der Waals surface area contributed by atoms with Gasteiger partial charge < -0.3 is 14.9 Å². The number of phenols is 1. The molecular formula is C8H11O4P. The minimum atomic E-state index is -4.25. The molecule has 0 unspecified atom stereocenters. The minimum absolute atomic E-state index is 0.113. The second-order valence-corrected chi connectivity index (χ2v) is 4.36. The summed E-state index contributed by atoms with van der Waals surface area (Å²) in [5, 5.41) is 9.01. The van der Waals surface area contributed by atoms with Gasteiger partial charge in [-0.2, -0.15) is 0 Å². The third-order valence-corrected chi connectivity index (χ3v) is 2.64. The molecule has 1 aromatic rings. The Bertz CT molecular complexity index is 355. The molecule has 72 valence electrons. The normalized spacial score (nSPS) is 11.6. The molecule has 0 aromatic heterocycles. The van der Waals surface area contributed by atoms with Crippen LogP contribution in [0.25, 0.3) is 0 Å². The summed E-state index contributed by atoms with van der Waals surface area (Å²) in [6.45, 7) is 1.85. The lowest BCUT2D eigenvalue weighted by atomic mass is 10.2. The van der Waals surface area contributed by atoms with Crippen molar-refractivity contribution in [2.45, 2.75) is 13.3 Å². The average Bonchev–Trinajstić information content (AvgIpc) is 2.01. The van der Waals surface area contributed by atoms with Gasteiger partial charge in [0, 0.05) is 0 Å². The maximum absolute atomic E-state index is 10.8. The molecule has 1 rings (SSSR count). The maximum Gasteiger partial charge on any atom is 0.356 e. The van der Waals surface area contributed by atoms with E-state index in [1.165, 1.54) is 12.1 Å². The van der Waals surface area contributed by atoms with E-state index < -0.39 is 7.60 Å². The molecule has 0 fully saturated rings. The Morgan fingerprint density at radius 1 is 1.31 bits per heavy atom. The van der Waals surface area contributed by atoms with Crippen LogP contribution >= 0.6 is 7.60 Å². The summed E-state index contributed by atoms with van der Waals surface area (Å²) in [6, 6.07) is 3.97. The molecule has 0 bridgehead atoms. The largest absolute Gasteiger partial charge is 0.508 e. The third kappa shape index (κ3) is 2.56. The molecule has 13 heavy (non-hydrogen) atoms. The van der Waals surface area contributed by atoms with Crippen LogP contribution in [-0.2, 0) is 11.0 Å². The van der Waals surface area contributed by atoms with Crippen LogP contribution in [0, 0.1) is 0 Å². The van der Waals surface area contributed by atoms with Crippen molar-refractivity contribution >= 4 is 12.9 Å². The van der Waals surface area contributed by atoms with Crippen molar-refractivity contribution in [1.82, 2.24) is 0 Å². The first kappa shape index (κ1) is 10.3. The molecule has 0 saturated heterocycles. The second-order valence-electron chi connectivity index (χ2n) is 2.76. The van der Waals surface area contributed by atoms with E-state index in [1.807, 2.05) is 6.92 Å². The van der Waals surface area contributed by atoms with E-state index in [9.17, 15) is 4.57 Å². The highest BCUT2D eigenvalue weighted by Gasteiger charge is 2.17. The predicted octanol–water partition coefficient (Wildman–Crippen LogP) is 0.758. The number of aryl methyl sites for hydroxylation is 1. The number of benzene rings is 1. The minimum Gasteiger partial charge on any atom is -0.508 e.